The number of carbonyl (C=O) groups excluding carboxylic acids is 2. The Bertz CT molecular complexity index is 1360. The lowest BCUT2D eigenvalue weighted by molar-refractivity contribution is -0.133. The van der Waals surface area contributed by atoms with Gasteiger partial charge in [0.15, 0.2) is 23.2 Å². The Morgan fingerprint density at radius 2 is 1.79 bits per heavy atom. The van der Waals surface area contributed by atoms with Crippen LogP contribution < -0.4 is 10.1 Å². The third-order valence-corrected chi connectivity index (χ3v) is 6.33. The number of hydrogen-bond donors (Lipinski definition) is 2. The summed E-state index contributed by atoms with van der Waals surface area (Å²) in [6, 6.07) is 8.51. The Hall–Kier alpha value is -3.47. The van der Waals surface area contributed by atoms with Crippen molar-refractivity contribution in [2.75, 3.05) is 11.9 Å². The van der Waals surface area contributed by atoms with Gasteiger partial charge >= 0.3 is 0 Å². The molecule has 12 heteroatoms. The van der Waals surface area contributed by atoms with Gasteiger partial charge in [0.05, 0.1) is 18.7 Å². The summed E-state index contributed by atoms with van der Waals surface area (Å²) < 4.78 is 35.0. The van der Waals surface area contributed by atoms with E-state index in [1.807, 2.05) is 0 Å². The zero-order valence-corrected chi connectivity index (χ0v) is 21.9. The van der Waals surface area contributed by atoms with Crippen molar-refractivity contribution in [3.8, 4) is 5.75 Å². The number of aromatic nitrogens is 2. The predicted octanol–water partition coefficient (Wildman–Crippen LogP) is 4.59. The van der Waals surface area contributed by atoms with E-state index in [0.717, 1.165) is 18.2 Å². The summed E-state index contributed by atoms with van der Waals surface area (Å²) >= 11 is 12.7. The number of anilines is 1. The average molecular weight is 565 g/mol. The maximum absolute atomic E-state index is 14.1. The van der Waals surface area contributed by atoms with Gasteiger partial charge in [0, 0.05) is 34.8 Å². The Morgan fingerprint density at radius 3 is 2.42 bits per heavy atom. The Morgan fingerprint density at radius 1 is 1.16 bits per heavy atom. The van der Waals surface area contributed by atoms with Crippen molar-refractivity contribution in [1.29, 1.82) is 0 Å². The number of carbonyl (C=O) groups is 2. The van der Waals surface area contributed by atoms with Gasteiger partial charge < -0.3 is 20.1 Å². The van der Waals surface area contributed by atoms with Gasteiger partial charge in [-0.05, 0) is 43.7 Å². The van der Waals surface area contributed by atoms with E-state index in [2.05, 4.69) is 10.4 Å². The molecule has 0 bridgehead atoms. The summed E-state index contributed by atoms with van der Waals surface area (Å²) in [6.07, 6.45) is 2.60. The zero-order chi connectivity index (χ0) is 27.6. The van der Waals surface area contributed by atoms with Crippen LogP contribution in [0.5, 0.6) is 5.75 Å². The summed E-state index contributed by atoms with van der Waals surface area (Å²) in [5.74, 6) is -3.58. The minimum atomic E-state index is -1.14. The SMILES string of the molecule is CC(C)(O)Cn1ccc(NC(=O)C(Cc2c(Cl)cccc2Cl)N2CC(Oc3c(F)cccc3F)=CC2=O)n1. The van der Waals surface area contributed by atoms with Crippen LogP contribution in [0.25, 0.3) is 0 Å². The minimum Gasteiger partial charge on any atom is -0.453 e. The summed E-state index contributed by atoms with van der Waals surface area (Å²) in [4.78, 5) is 27.6. The van der Waals surface area contributed by atoms with E-state index in [0.29, 0.717) is 15.6 Å². The molecule has 3 aromatic rings. The summed E-state index contributed by atoms with van der Waals surface area (Å²) in [5.41, 5.74) is -0.593. The fourth-order valence-corrected chi connectivity index (χ4v) is 4.49. The van der Waals surface area contributed by atoms with E-state index in [9.17, 15) is 23.5 Å². The molecule has 200 valence electrons. The first kappa shape index (κ1) is 27.6. The van der Waals surface area contributed by atoms with Gasteiger partial charge in [0.1, 0.15) is 11.8 Å². The molecule has 1 aliphatic rings. The molecule has 1 atom stereocenters. The van der Waals surface area contributed by atoms with Crippen LogP contribution in [0.2, 0.25) is 10.0 Å². The molecule has 0 aliphatic carbocycles. The molecule has 8 nitrogen and oxygen atoms in total. The molecule has 2 amide bonds. The lowest BCUT2D eigenvalue weighted by Crippen LogP contribution is -2.47. The van der Waals surface area contributed by atoms with Crippen LogP contribution in [0.4, 0.5) is 14.6 Å². The number of amides is 2. The van der Waals surface area contributed by atoms with Crippen LogP contribution in [0, 0.1) is 11.6 Å². The van der Waals surface area contributed by atoms with Crippen LogP contribution in [0.3, 0.4) is 0 Å². The number of nitrogens with zero attached hydrogens (tertiary/aromatic N) is 3. The Balaban J connectivity index is 1.58. The molecule has 0 radical (unpaired) electrons. The fraction of sp³-hybridized carbons (Fsp3) is 0.269. The number of hydrogen-bond acceptors (Lipinski definition) is 5. The van der Waals surface area contributed by atoms with Crippen molar-refractivity contribution in [2.45, 2.75) is 38.5 Å². The molecule has 0 fully saturated rings. The third kappa shape index (κ3) is 6.50. The maximum atomic E-state index is 14.1. The number of rotatable bonds is 9. The van der Waals surface area contributed by atoms with Crippen LogP contribution >= 0.6 is 23.2 Å². The lowest BCUT2D eigenvalue weighted by Gasteiger charge is -2.27. The van der Waals surface area contributed by atoms with E-state index in [1.54, 1.807) is 44.3 Å². The fourth-order valence-electron chi connectivity index (χ4n) is 3.94. The molecule has 1 aromatic heterocycles. The highest BCUT2D eigenvalue weighted by atomic mass is 35.5. The van der Waals surface area contributed by atoms with Gasteiger partial charge in [-0.1, -0.05) is 35.3 Å². The number of nitrogens with one attached hydrogen (secondary N) is 1. The summed E-state index contributed by atoms with van der Waals surface area (Å²) in [5, 5.41) is 17.5. The van der Waals surface area contributed by atoms with Crippen molar-refractivity contribution in [3.05, 3.63) is 87.7 Å². The van der Waals surface area contributed by atoms with Gasteiger partial charge in [0.25, 0.3) is 5.91 Å². The minimum absolute atomic E-state index is 0.0449. The first-order valence-corrected chi connectivity index (χ1v) is 12.3. The highest BCUT2D eigenvalue weighted by Crippen LogP contribution is 2.30. The molecular formula is C26H24Cl2F2N4O4. The first-order valence-electron chi connectivity index (χ1n) is 11.5. The normalized spacial score (nSPS) is 14.4. The van der Waals surface area contributed by atoms with Gasteiger partial charge in [-0.3, -0.25) is 14.3 Å². The molecular weight excluding hydrogens is 541 g/mol. The topological polar surface area (TPSA) is 96.7 Å². The van der Waals surface area contributed by atoms with Crippen LogP contribution in [-0.2, 0) is 22.6 Å². The lowest BCUT2D eigenvalue weighted by atomic mass is 10.0. The largest absolute Gasteiger partial charge is 0.453 e. The van der Waals surface area contributed by atoms with Gasteiger partial charge in [-0.2, -0.15) is 5.10 Å². The molecule has 2 aromatic carbocycles. The van der Waals surface area contributed by atoms with Gasteiger partial charge in [0.2, 0.25) is 5.91 Å². The maximum Gasteiger partial charge on any atom is 0.251 e. The second-order valence-corrected chi connectivity index (χ2v) is 10.2. The molecule has 2 heterocycles. The van der Waals surface area contributed by atoms with Crippen molar-refractivity contribution < 1.29 is 28.2 Å². The molecule has 2 N–H and O–H groups in total. The van der Waals surface area contributed by atoms with E-state index in [1.165, 1.54) is 15.6 Å². The molecule has 1 aliphatic heterocycles. The van der Waals surface area contributed by atoms with Crippen LogP contribution in [0.1, 0.15) is 19.4 Å². The monoisotopic (exact) mass is 564 g/mol. The van der Waals surface area contributed by atoms with Gasteiger partial charge in [-0.15, -0.1) is 0 Å². The van der Waals surface area contributed by atoms with Crippen molar-refractivity contribution in [1.82, 2.24) is 14.7 Å². The van der Waals surface area contributed by atoms with Crippen molar-refractivity contribution in [3.63, 3.8) is 0 Å². The number of halogens is 4. The standard InChI is InChI=1S/C26H24Cl2F2N4O4/c1-26(2,37)14-33-10-9-22(32-33)31-25(36)21(12-16-17(27)5-3-6-18(16)28)34-13-15(11-23(34)35)38-24-19(29)7-4-8-20(24)30/h3-11,21,37H,12-14H2,1-2H3,(H,31,32,36). The Labute approximate surface area is 227 Å². The van der Waals surface area contributed by atoms with Crippen molar-refractivity contribution in [2.24, 2.45) is 0 Å². The molecule has 1 unspecified atom stereocenters. The van der Waals surface area contributed by atoms with E-state index in [-0.39, 0.29) is 31.1 Å². The van der Waals surface area contributed by atoms with Crippen LogP contribution in [-0.4, -0.2) is 49.8 Å². The molecule has 0 saturated heterocycles. The second kappa shape index (κ2) is 11.1. The molecule has 38 heavy (non-hydrogen) atoms. The number of ether oxygens (including phenoxy) is 1. The van der Waals surface area contributed by atoms with Crippen LogP contribution in [0.15, 0.2) is 60.5 Å². The number of para-hydroxylation sites is 1. The quantitative estimate of drug-likeness (QED) is 0.396. The van der Waals surface area contributed by atoms with Gasteiger partial charge in [-0.25, -0.2) is 8.78 Å². The summed E-state index contributed by atoms with van der Waals surface area (Å²) in [6.45, 7) is 3.19. The van der Waals surface area contributed by atoms with E-state index < -0.39 is 40.8 Å². The molecule has 4 rings (SSSR count). The molecule has 0 spiro atoms. The second-order valence-electron chi connectivity index (χ2n) is 9.35. The zero-order valence-electron chi connectivity index (χ0n) is 20.4. The molecule has 0 saturated carbocycles. The number of aliphatic hydroxyl groups is 1. The Kier molecular flexibility index (Phi) is 8.05. The number of benzene rings is 2. The van der Waals surface area contributed by atoms with E-state index in [4.69, 9.17) is 27.9 Å². The smallest absolute Gasteiger partial charge is 0.251 e. The van der Waals surface area contributed by atoms with Crippen molar-refractivity contribution >= 4 is 40.8 Å². The average Bonchev–Trinajstić information content (AvgIpc) is 3.40. The first-order chi connectivity index (χ1) is 17.9. The highest BCUT2D eigenvalue weighted by Gasteiger charge is 2.36. The van der Waals surface area contributed by atoms with E-state index >= 15 is 0 Å². The summed E-state index contributed by atoms with van der Waals surface area (Å²) in [7, 11) is 0. The third-order valence-electron chi connectivity index (χ3n) is 5.62. The predicted molar refractivity (Wildman–Crippen MR) is 138 cm³/mol. The highest BCUT2D eigenvalue weighted by molar-refractivity contribution is 6.36.